The van der Waals surface area contributed by atoms with Crippen molar-refractivity contribution in [1.29, 1.82) is 0 Å². The van der Waals surface area contributed by atoms with Crippen molar-refractivity contribution >= 4 is 0 Å². The number of unbranched alkanes of at least 4 members (excludes halogenated alkanes) is 12. The van der Waals surface area contributed by atoms with Crippen molar-refractivity contribution in [3.63, 3.8) is 0 Å². The van der Waals surface area contributed by atoms with Crippen molar-refractivity contribution in [2.45, 2.75) is 123 Å². The van der Waals surface area contributed by atoms with Crippen LogP contribution in [0, 0.1) is 5.92 Å². The van der Waals surface area contributed by atoms with E-state index in [0.717, 1.165) is 12.8 Å². The van der Waals surface area contributed by atoms with Crippen molar-refractivity contribution in [1.82, 2.24) is 0 Å². The average Bonchev–Trinajstić information content (AvgIpc) is 2.56. The average molecular weight is 329 g/mol. The molecule has 0 aliphatic carbocycles. The molecule has 0 rings (SSSR count). The maximum atomic E-state index is 9.34. The highest BCUT2D eigenvalue weighted by molar-refractivity contribution is 4.59. The summed E-state index contributed by atoms with van der Waals surface area (Å²) in [5.74, 6) is 0.684. The highest BCUT2D eigenvalue weighted by Crippen LogP contribution is 2.17. The molecule has 0 fully saturated rings. The van der Waals surface area contributed by atoms with Crippen molar-refractivity contribution in [3.05, 3.63) is 0 Å². The largest absolute Gasteiger partial charge is 0.394 e. The summed E-state index contributed by atoms with van der Waals surface area (Å²) < 4.78 is 0. The minimum atomic E-state index is -0.510. The Bertz CT molecular complexity index is 218. The number of aliphatic hydroxyl groups is 2. The van der Waals surface area contributed by atoms with Crippen LogP contribution in [0.15, 0.2) is 0 Å². The topological polar surface area (TPSA) is 40.5 Å². The molecule has 0 aromatic heterocycles. The highest BCUT2D eigenvalue weighted by Gasteiger charge is 2.06. The summed E-state index contributed by atoms with van der Waals surface area (Å²) >= 11 is 0. The van der Waals surface area contributed by atoms with Crippen molar-refractivity contribution < 1.29 is 10.2 Å². The fourth-order valence-corrected chi connectivity index (χ4v) is 3.22. The van der Waals surface area contributed by atoms with Gasteiger partial charge in [-0.05, 0) is 18.8 Å². The Morgan fingerprint density at radius 3 is 1.48 bits per heavy atom. The maximum absolute atomic E-state index is 9.34. The van der Waals surface area contributed by atoms with E-state index in [-0.39, 0.29) is 6.61 Å². The predicted molar refractivity (Wildman–Crippen MR) is 102 cm³/mol. The molecule has 0 aliphatic rings. The smallest absolute Gasteiger partial charge is 0.0771 e. The summed E-state index contributed by atoms with van der Waals surface area (Å²) in [6.45, 7) is 4.46. The third-order valence-electron chi connectivity index (χ3n) is 5.00. The number of rotatable bonds is 18. The summed E-state index contributed by atoms with van der Waals surface area (Å²) in [7, 11) is 0. The molecule has 2 atom stereocenters. The van der Waals surface area contributed by atoms with Gasteiger partial charge >= 0.3 is 0 Å². The fourth-order valence-electron chi connectivity index (χ4n) is 3.22. The van der Waals surface area contributed by atoms with Crippen molar-refractivity contribution in [3.8, 4) is 0 Å². The SMILES string of the molecule is CCCCCCCCCCCCCCCC(C)CCC(O)CO. The molecule has 0 radical (unpaired) electrons. The second kappa shape index (κ2) is 18.3. The molecule has 0 aliphatic heterocycles. The molecule has 0 aromatic carbocycles. The summed E-state index contributed by atoms with van der Waals surface area (Å²) in [5.41, 5.74) is 0. The van der Waals surface area contributed by atoms with Gasteiger partial charge in [-0.15, -0.1) is 0 Å². The van der Waals surface area contributed by atoms with E-state index in [0.29, 0.717) is 5.92 Å². The van der Waals surface area contributed by atoms with Crippen LogP contribution in [0.2, 0.25) is 0 Å². The molecule has 0 spiro atoms. The summed E-state index contributed by atoms with van der Waals surface area (Å²) in [4.78, 5) is 0. The molecular weight excluding hydrogens is 284 g/mol. The predicted octanol–water partition coefficient (Wildman–Crippen LogP) is 6.24. The first-order valence-corrected chi connectivity index (χ1v) is 10.5. The van der Waals surface area contributed by atoms with Crippen LogP contribution in [-0.2, 0) is 0 Å². The summed E-state index contributed by atoms with van der Waals surface area (Å²) in [5, 5.41) is 18.1. The van der Waals surface area contributed by atoms with Gasteiger partial charge in [0, 0.05) is 0 Å². The second-order valence-electron chi connectivity index (χ2n) is 7.55. The van der Waals surface area contributed by atoms with Crippen LogP contribution in [0.4, 0.5) is 0 Å². The Morgan fingerprint density at radius 1 is 0.609 bits per heavy atom. The van der Waals surface area contributed by atoms with E-state index in [1.165, 1.54) is 89.9 Å². The Labute approximate surface area is 146 Å². The van der Waals surface area contributed by atoms with E-state index >= 15 is 0 Å². The van der Waals surface area contributed by atoms with Gasteiger partial charge in [0.1, 0.15) is 0 Å². The Balaban J connectivity index is 3.12. The third-order valence-corrected chi connectivity index (χ3v) is 5.00. The van der Waals surface area contributed by atoms with Crippen LogP contribution < -0.4 is 0 Å². The van der Waals surface area contributed by atoms with Gasteiger partial charge in [0.2, 0.25) is 0 Å². The lowest BCUT2D eigenvalue weighted by Gasteiger charge is -2.13. The number of hydrogen-bond donors (Lipinski definition) is 2. The van der Waals surface area contributed by atoms with E-state index in [1.807, 2.05) is 0 Å². The first-order valence-electron chi connectivity index (χ1n) is 10.5. The van der Waals surface area contributed by atoms with Gasteiger partial charge in [0.15, 0.2) is 0 Å². The second-order valence-corrected chi connectivity index (χ2v) is 7.55. The molecule has 2 heteroatoms. The zero-order chi connectivity index (χ0) is 17.2. The molecule has 2 unspecified atom stereocenters. The number of hydrogen-bond acceptors (Lipinski definition) is 2. The molecule has 0 heterocycles. The maximum Gasteiger partial charge on any atom is 0.0771 e. The number of aliphatic hydroxyl groups excluding tert-OH is 2. The molecule has 0 aromatic rings. The molecule has 23 heavy (non-hydrogen) atoms. The normalized spacial score (nSPS) is 14.1. The molecule has 140 valence electrons. The van der Waals surface area contributed by atoms with E-state index in [2.05, 4.69) is 13.8 Å². The molecule has 2 nitrogen and oxygen atoms in total. The van der Waals surface area contributed by atoms with Crippen LogP contribution in [0.5, 0.6) is 0 Å². The molecule has 2 N–H and O–H groups in total. The monoisotopic (exact) mass is 328 g/mol. The lowest BCUT2D eigenvalue weighted by Crippen LogP contribution is -2.13. The molecule has 0 saturated carbocycles. The van der Waals surface area contributed by atoms with Crippen molar-refractivity contribution in [2.75, 3.05) is 6.61 Å². The van der Waals surface area contributed by atoms with Gasteiger partial charge in [-0.1, -0.05) is 104 Å². The highest BCUT2D eigenvalue weighted by atomic mass is 16.3. The Morgan fingerprint density at radius 2 is 1.04 bits per heavy atom. The van der Waals surface area contributed by atoms with E-state index < -0.39 is 6.10 Å². The fraction of sp³-hybridized carbons (Fsp3) is 1.00. The zero-order valence-corrected chi connectivity index (χ0v) is 16.1. The van der Waals surface area contributed by atoms with Crippen LogP contribution in [0.25, 0.3) is 0 Å². The van der Waals surface area contributed by atoms with E-state index in [1.54, 1.807) is 0 Å². The molecule has 0 amide bonds. The van der Waals surface area contributed by atoms with Crippen molar-refractivity contribution in [2.24, 2.45) is 5.92 Å². The minimum absolute atomic E-state index is 0.0918. The lowest BCUT2D eigenvalue weighted by atomic mass is 9.96. The first-order chi connectivity index (χ1) is 11.2. The summed E-state index contributed by atoms with van der Waals surface area (Å²) in [6.07, 6.45) is 20.9. The lowest BCUT2D eigenvalue weighted by molar-refractivity contribution is 0.0827. The third kappa shape index (κ3) is 18.1. The standard InChI is InChI=1S/C21H44O2/c1-3-4-5-6-7-8-9-10-11-12-13-14-15-16-20(2)17-18-21(23)19-22/h20-23H,3-19H2,1-2H3. The minimum Gasteiger partial charge on any atom is -0.394 e. The Kier molecular flexibility index (Phi) is 18.2. The van der Waals surface area contributed by atoms with Gasteiger partial charge in [-0.25, -0.2) is 0 Å². The zero-order valence-electron chi connectivity index (χ0n) is 16.1. The quantitative estimate of drug-likeness (QED) is 0.292. The first kappa shape index (κ1) is 22.9. The van der Waals surface area contributed by atoms with Gasteiger partial charge in [-0.2, -0.15) is 0 Å². The van der Waals surface area contributed by atoms with Gasteiger partial charge < -0.3 is 10.2 Å². The van der Waals surface area contributed by atoms with Gasteiger partial charge in [0.25, 0.3) is 0 Å². The molecular formula is C21H44O2. The molecule has 0 saturated heterocycles. The van der Waals surface area contributed by atoms with E-state index in [4.69, 9.17) is 5.11 Å². The van der Waals surface area contributed by atoms with Gasteiger partial charge in [-0.3, -0.25) is 0 Å². The molecule has 0 bridgehead atoms. The van der Waals surface area contributed by atoms with Crippen LogP contribution in [-0.4, -0.2) is 22.9 Å². The van der Waals surface area contributed by atoms with Gasteiger partial charge in [0.05, 0.1) is 12.7 Å². The van der Waals surface area contributed by atoms with Crippen LogP contribution in [0.1, 0.15) is 117 Å². The van der Waals surface area contributed by atoms with E-state index in [9.17, 15) is 5.11 Å². The van der Waals surface area contributed by atoms with Crippen LogP contribution >= 0.6 is 0 Å². The summed E-state index contributed by atoms with van der Waals surface area (Å²) in [6, 6.07) is 0. The van der Waals surface area contributed by atoms with Crippen LogP contribution in [0.3, 0.4) is 0 Å². The Hall–Kier alpha value is -0.0800.